The molecular formula is C16H20N2. The van der Waals surface area contributed by atoms with E-state index in [2.05, 4.69) is 68.7 Å². The minimum absolute atomic E-state index is 0.0473. The normalized spacial score (nSPS) is 12.4. The predicted octanol–water partition coefficient (Wildman–Crippen LogP) is 3.16. The van der Waals surface area contributed by atoms with Gasteiger partial charge in [0.25, 0.3) is 0 Å². The molecule has 2 rings (SSSR count). The fraction of sp³-hybridized carbons (Fsp3) is 0.250. The van der Waals surface area contributed by atoms with Gasteiger partial charge in [-0.15, -0.1) is 0 Å². The van der Waals surface area contributed by atoms with E-state index in [1.54, 1.807) is 0 Å². The molecule has 2 aromatic carbocycles. The lowest BCUT2D eigenvalue weighted by Gasteiger charge is -2.21. The number of hydrogen-bond donors (Lipinski definition) is 2. The highest BCUT2D eigenvalue weighted by Gasteiger charge is 2.16. The molecule has 0 aliphatic heterocycles. The second-order valence-corrected chi connectivity index (χ2v) is 4.82. The third kappa shape index (κ3) is 2.45. The third-order valence-corrected chi connectivity index (χ3v) is 3.41. The Morgan fingerprint density at radius 3 is 2.22 bits per heavy atom. The van der Waals surface area contributed by atoms with Crippen LogP contribution in [-0.4, -0.2) is 0 Å². The fourth-order valence-electron chi connectivity index (χ4n) is 2.33. The second kappa shape index (κ2) is 5.34. The number of nitrogens with two attached hydrogens (primary N) is 1. The summed E-state index contributed by atoms with van der Waals surface area (Å²) >= 11 is 0. The molecule has 0 amide bonds. The Kier molecular flexibility index (Phi) is 3.80. The lowest BCUT2D eigenvalue weighted by Crippen LogP contribution is -2.30. The van der Waals surface area contributed by atoms with E-state index < -0.39 is 0 Å². The summed E-state index contributed by atoms with van der Waals surface area (Å²) < 4.78 is 0. The zero-order chi connectivity index (χ0) is 13.1. The quantitative estimate of drug-likeness (QED) is 0.639. The summed E-state index contributed by atoms with van der Waals surface area (Å²) in [7, 11) is 0. The van der Waals surface area contributed by atoms with E-state index in [0.717, 1.165) is 0 Å². The van der Waals surface area contributed by atoms with Gasteiger partial charge in [-0.3, -0.25) is 5.84 Å². The summed E-state index contributed by atoms with van der Waals surface area (Å²) in [5, 5.41) is 0. The predicted molar refractivity (Wildman–Crippen MR) is 76.3 cm³/mol. The van der Waals surface area contributed by atoms with Crippen molar-refractivity contribution in [3.63, 3.8) is 0 Å². The van der Waals surface area contributed by atoms with Gasteiger partial charge in [0.2, 0.25) is 0 Å². The maximum absolute atomic E-state index is 5.77. The lowest BCUT2D eigenvalue weighted by atomic mass is 9.91. The maximum Gasteiger partial charge on any atom is 0.0715 e. The summed E-state index contributed by atoms with van der Waals surface area (Å²) in [5.74, 6) is 5.77. The first-order chi connectivity index (χ1) is 8.63. The lowest BCUT2D eigenvalue weighted by molar-refractivity contribution is 0.630. The molecule has 2 aromatic rings. The van der Waals surface area contributed by atoms with Crippen LogP contribution in [-0.2, 0) is 0 Å². The van der Waals surface area contributed by atoms with Crippen molar-refractivity contribution in [2.24, 2.45) is 5.84 Å². The van der Waals surface area contributed by atoms with Crippen molar-refractivity contribution in [2.75, 3.05) is 0 Å². The van der Waals surface area contributed by atoms with Gasteiger partial charge in [-0.25, -0.2) is 5.43 Å². The van der Waals surface area contributed by atoms with Gasteiger partial charge < -0.3 is 0 Å². The third-order valence-electron chi connectivity index (χ3n) is 3.41. The molecule has 2 nitrogen and oxygen atoms in total. The topological polar surface area (TPSA) is 38.0 Å². The summed E-state index contributed by atoms with van der Waals surface area (Å²) in [6.07, 6.45) is 0. The molecule has 0 spiro atoms. The molecule has 1 unspecified atom stereocenters. The fourth-order valence-corrected chi connectivity index (χ4v) is 2.33. The number of rotatable bonds is 3. The molecule has 0 aliphatic carbocycles. The first kappa shape index (κ1) is 12.8. The molecule has 0 aliphatic rings. The smallest absolute Gasteiger partial charge is 0.0715 e. The Bertz CT molecular complexity index is 547. The number of hydrogen-bond acceptors (Lipinski definition) is 2. The van der Waals surface area contributed by atoms with Gasteiger partial charge in [-0.05, 0) is 43.0 Å². The highest BCUT2D eigenvalue weighted by Crippen LogP contribution is 2.27. The van der Waals surface area contributed by atoms with Crippen LogP contribution in [0.4, 0.5) is 0 Å². The van der Waals surface area contributed by atoms with Crippen LogP contribution < -0.4 is 11.3 Å². The Morgan fingerprint density at radius 1 is 0.889 bits per heavy atom. The molecule has 0 bridgehead atoms. The summed E-state index contributed by atoms with van der Waals surface area (Å²) in [6.45, 7) is 6.34. The Labute approximate surface area is 109 Å². The van der Waals surface area contributed by atoms with E-state index in [9.17, 15) is 0 Å². The van der Waals surface area contributed by atoms with Crippen molar-refractivity contribution in [3.8, 4) is 0 Å². The maximum atomic E-state index is 5.77. The average molecular weight is 240 g/mol. The van der Waals surface area contributed by atoms with Gasteiger partial charge in [0, 0.05) is 0 Å². The Morgan fingerprint density at radius 2 is 1.56 bits per heavy atom. The van der Waals surface area contributed by atoms with Crippen LogP contribution in [0.25, 0.3) is 0 Å². The van der Waals surface area contributed by atoms with Crippen LogP contribution in [0.1, 0.15) is 33.9 Å². The molecular weight excluding hydrogens is 220 g/mol. The molecule has 0 saturated heterocycles. The van der Waals surface area contributed by atoms with Crippen molar-refractivity contribution in [1.82, 2.24) is 5.43 Å². The van der Waals surface area contributed by atoms with E-state index in [1.165, 1.54) is 27.8 Å². The zero-order valence-corrected chi connectivity index (χ0v) is 11.2. The van der Waals surface area contributed by atoms with Gasteiger partial charge in [0.05, 0.1) is 6.04 Å². The Hall–Kier alpha value is -1.64. The molecule has 2 heteroatoms. The minimum atomic E-state index is 0.0473. The molecule has 0 saturated carbocycles. The monoisotopic (exact) mass is 240 g/mol. The SMILES string of the molecule is Cc1ccc(C)c(C(NN)c2ccccc2C)c1. The number of nitrogens with one attached hydrogen (secondary N) is 1. The van der Waals surface area contributed by atoms with E-state index in [-0.39, 0.29) is 6.04 Å². The minimum Gasteiger partial charge on any atom is -0.271 e. The van der Waals surface area contributed by atoms with Gasteiger partial charge in [0.15, 0.2) is 0 Å². The summed E-state index contributed by atoms with van der Waals surface area (Å²) in [5.41, 5.74) is 9.18. The van der Waals surface area contributed by atoms with Gasteiger partial charge in [-0.1, -0.05) is 48.0 Å². The summed E-state index contributed by atoms with van der Waals surface area (Å²) in [4.78, 5) is 0. The van der Waals surface area contributed by atoms with E-state index in [4.69, 9.17) is 5.84 Å². The Balaban J connectivity index is 2.52. The van der Waals surface area contributed by atoms with Crippen LogP contribution in [0.3, 0.4) is 0 Å². The molecule has 18 heavy (non-hydrogen) atoms. The van der Waals surface area contributed by atoms with E-state index >= 15 is 0 Å². The zero-order valence-electron chi connectivity index (χ0n) is 11.2. The molecule has 1 atom stereocenters. The molecule has 3 N–H and O–H groups in total. The van der Waals surface area contributed by atoms with Crippen LogP contribution in [0, 0.1) is 20.8 Å². The van der Waals surface area contributed by atoms with Crippen LogP contribution in [0.5, 0.6) is 0 Å². The van der Waals surface area contributed by atoms with Crippen molar-refractivity contribution < 1.29 is 0 Å². The average Bonchev–Trinajstić information content (AvgIpc) is 2.36. The van der Waals surface area contributed by atoms with E-state index in [1.807, 2.05) is 0 Å². The molecule has 0 aromatic heterocycles. The first-order valence-corrected chi connectivity index (χ1v) is 6.22. The second-order valence-electron chi connectivity index (χ2n) is 4.82. The van der Waals surface area contributed by atoms with Crippen LogP contribution >= 0.6 is 0 Å². The molecule has 0 fully saturated rings. The highest BCUT2D eigenvalue weighted by atomic mass is 15.2. The highest BCUT2D eigenvalue weighted by molar-refractivity contribution is 5.41. The van der Waals surface area contributed by atoms with Crippen LogP contribution in [0.15, 0.2) is 42.5 Å². The standard InChI is InChI=1S/C16H20N2/c1-11-8-9-13(3)15(10-11)16(18-17)14-7-5-4-6-12(14)2/h4-10,16,18H,17H2,1-3H3. The summed E-state index contributed by atoms with van der Waals surface area (Å²) in [6, 6.07) is 14.9. The van der Waals surface area contributed by atoms with Crippen molar-refractivity contribution in [1.29, 1.82) is 0 Å². The van der Waals surface area contributed by atoms with Crippen LogP contribution in [0.2, 0.25) is 0 Å². The van der Waals surface area contributed by atoms with E-state index in [0.29, 0.717) is 0 Å². The number of aryl methyl sites for hydroxylation is 3. The van der Waals surface area contributed by atoms with Gasteiger partial charge in [-0.2, -0.15) is 0 Å². The molecule has 0 radical (unpaired) electrons. The van der Waals surface area contributed by atoms with Gasteiger partial charge in [0.1, 0.15) is 0 Å². The number of benzene rings is 2. The van der Waals surface area contributed by atoms with Gasteiger partial charge >= 0.3 is 0 Å². The van der Waals surface area contributed by atoms with Crippen molar-refractivity contribution in [2.45, 2.75) is 26.8 Å². The van der Waals surface area contributed by atoms with Crippen molar-refractivity contribution >= 4 is 0 Å². The first-order valence-electron chi connectivity index (χ1n) is 6.22. The number of hydrazine groups is 1. The molecule has 0 heterocycles. The molecule has 94 valence electrons. The largest absolute Gasteiger partial charge is 0.271 e. The van der Waals surface area contributed by atoms with Crippen molar-refractivity contribution in [3.05, 3.63) is 70.3 Å².